The van der Waals surface area contributed by atoms with Gasteiger partial charge in [0.15, 0.2) is 5.69 Å². The lowest BCUT2D eigenvalue weighted by atomic mass is 10.2. The summed E-state index contributed by atoms with van der Waals surface area (Å²) < 4.78 is 2.84. The summed E-state index contributed by atoms with van der Waals surface area (Å²) in [6, 6.07) is 7.96. The minimum Gasteiger partial charge on any atom is -0.346 e. The highest BCUT2D eigenvalue weighted by Crippen LogP contribution is 2.34. The first-order valence-electron chi connectivity index (χ1n) is 8.98. The van der Waals surface area contributed by atoms with Gasteiger partial charge >= 0.3 is 0 Å². The standard InChI is InChI=1S/C18H21ClN6OS/c19-17-13-3-1-2-4-15(13)27-16(17)11-21-18(26)14-12-25(23-22-14)10-9-24-7-5-20-6-8-24/h1-4,12,20H,5-11H2,(H,21,26). The van der Waals surface area contributed by atoms with Crippen LogP contribution in [-0.4, -0.2) is 58.5 Å². The molecule has 1 aromatic carbocycles. The molecule has 0 radical (unpaired) electrons. The van der Waals surface area contributed by atoms with E-state index in [1.165, 1.54) is 0 Å². The number of thiophene rings is 1. The molecule has 3 aromatic rings. The summed E-state index contributed by atoms with van der Waals surface area (Å²) in [6.45, 7) is 6.13. The van der Waals surface area contributed by atoms with Gasteiger partial charge in [0.25, 0.3) is 5.91 Å². The van der Waals surface area contributed by atoms with Crippen LogP contribution in [0.15, 0.2) is 30.5 Å². The molecule has 3 heterocycles. The molecule has 4 rings (SSSR count). The molecule has 1 aliphatic rings. The molecule has 9 heteroatoms. The summed E-state index contributed by atoms with van der Waals surface area (Å²) in [7, 11) is 0. The lowest BCUT2D eigenvalue weighted by molar-refractivity contribution is 0.0946. The Kier molecular flexibility index (Phi) is 5.68. The average Bonchev–Trinajstić information content (AvgIpc) is 3.31. The predicted octanol–water partition coefficient (Wildman–Crippen LogP) is 1.98. The van der Waals surface area contributed by atoms with Gasteiger partial charge in [-0.1, -0.05) is 35.0 Å². The number of nitrogens with one attached hydrogen (secondary N) is 2. The fourth-order valence-electron chi connectivity index (χ4n) is 3.12. The van der Waals surface area contributed by atoms with Gasteiger partial charge in [0.2, 0.25) is 0 Å². The Morgan fingerprint density at radius 3 is 2.89 bits per heavy atom. The highest BCUT2D eigenvalue weighted by molar-refractivity contribution is 7.19. The van der Waals surface area contributed by atoms with E-state index in [0.29, 0.717) is 17.3 Å². The number of hydrogen-bond donors (Lipinski definition) is 2. The first-order valence-corrected chi connectivity index (χ1v) is 10.2. The maximum absolute atomic E-state index is 12.4. The molecule has 142 valence electrons. The van der Waals surface area contributed by atoms with Crippen molar-refractivity contribution >= 4 is 38.9 Å². The van der Waals surface area contributed by atoms with Gasteiger partial charge in [-0.25, -0.2) is 0 Å². The number of rotatable bonds is 6. The number of carbonyl (C=O) groups is 1. The van der Waals surface area contributed by atoms with Crippen molar-refractivity contribution in [1.82, 2.24) is 30.5 Å². The van der Waals surface area contributed by atoms with Crippen molar-refractivity contribution < 1.29 is 4.79 Å². The van der Waals surface area contributed by atoms with Crippen LogP contribution >= 0.6 is 22.9 Å². The summed E-state index contributed by atoms with van der Waals surface area (Å²) in [5, 5.41) is 16.0. The van der Waals surface area contributed by atoms with Gasteiger partial charge in [0, 0.05) is 47.7 Å². The molecule has 1 aliphatic heterocycles. The molecule has 2 aromatic heterocycles. The van der Waals surface area contributed by atoms with Gasteiger partial charge in [0.1, 0.15) is 0 Å². The van der Waals surface area contributed by atoms with Crippen LogP contribution in [-0.2, 0) is 13.1 Å². The highest BCUT2D eigenvalue weighted by atomic mass is 35.5. The minimum atomic E-state index is -0.239. The second-order valence-electron chi connectivity index (χ2n) is 6.48. The van der Waals surface area contributed by atoms with Gasteiger partial charge in [0.05, 0.1) is 24.3 Å². The fourth-order valence-corrected chi connectivity index (χ4v) is 4.56. The number of piperazine rings is 1. The highest BCUT2D eigenvalue weighted by Gasteiger charge is 2.15. The first-order chi connectivity index (χ1) is 13.2. The van der Waals surface area contributed by atoms with E-state index in [9.17, 15) is 4.79 Å². The zero-order valence-corrected chi connectivity index (χ0v) is 16.4. The zero-order valence-electron chi connectivity index (χ0n) is 14.8. The van der Waals surface area contributed by atoms with Gasteiger partial charge in [-0.15, -0.1) is 16.4 Å². The molecule has 27 heavy (non-hydrogen) atoms. The maximum atomic E-state index is 12.4. The summed E-state index contributed by atoms with van der Waals surface area (Å²) in [5.41, 5.74) is 0.326. The van der Waals surface area contributed by atoms with Crippen LogP contribution in [0.1, 0.15) is 15.4 Å². The van der Waals surface area contributed by atoms with E-state index in [-0.39, 0.29) is 5.91 Å². The molecule has 7 nitrogen and oxygen atoms in total. The van der Waals surface area contributed by atoms with E-state index in [1.807, 2.05) is 24.3 Å². The third-order valence-corrected chi connectivity index (χ3v) is 6.35. The van der Waals surface area contributed by atoms with Crippen LogP contribution < -0.4 is 10.6 Å². The number of amides is 1. The average molecular weight is 405 g/mol. The predicted molar refractivity (Wildman–Crippen MR) is 107 cm³/mol. The third-order valence-electron chi connectivity index (χ3n) is 4.64. The molecule has 0 atom stereocenters. The summed E-state index contributed by atoms with van der Waals surface area (Å²) >= 11 is 8.02. The van der Waals surface area contributed by atoms with Crippen molar-refractivity contribution in [1.29, 1.82) is 0 Å². The maximum Gasteiger partial charge on any atom is 0.273 e. The van der Waals surface area contributed by atoms with Crippen molar-refractivity contribution in [2.24, 2.45) is 0 Å². The fraction of sp³-hybridized carbons (Fsp3) is 0.389. The topological polar surface area (TPSA) is 75.1 Å². The Morgan fingerprint density at radius 2 is 2.07 bits per heavy atom. The molecule has 0 unspecified atom stereocenters. The molecule has 2 N–H and O–H groups in total. The van der Waals surface area contributed by atoms with E-state index < -0.39 is 0 Å². The van der Waals surface area contributed by atoms with Crippen LogP contribution in [0, 0.1) is 0 Å². The molecule has 0 spiro atoms. The van der Waals surface area contributed by atoms with Crippen LogP contribution in [0.25, 0.3) is 10.1 Å². The van der Waals surface area contributed by atoms with Gasteiger partial charge < -0.3 is 10.6 Å². The van der Waals surface area contributed by atoms with E-state index in [4.69, 9.17) is 11.6 Å². The Balaban J connectivity index is 1.33. The molecular weight excluding hydrogens is 384 g/mol. The quantitative estimate of drug-likeness (QED) is 0.657. The zero-order chi connectivity index (χ0) is 18.6. The smallest absolute Gasteiger partial charge is 0.273 e. The van der Waals surface area contributed by atoms with Crippen LogP contribution in [0.3, 0.4) is 0 Å². The summed E-state index contributed by atoms with van der Waals surface area (Å²) in [4.78, 5) is 15.7. The SMILES string of the molecule is O=C(NCc1sc2ccccc2c1Cl)c1cn(CCN2CCNCC2)nn1. The minimum absolute atomic E-state index is 0.239. The first kappa shape index (κ1) is 18.4. The molecule has 0 bridgehead atoms. The molecular formula is C18H21ClN6OS. The lowest BCUT2D eigenvalue weighted by Crippen LogP contribution is -2.44. The number of hydrogen-bond acceptors (Lipinski definition) is 6. The summed E-state index contributed by atoms with van der Waals surface area (Å²) in [5.74, 6) is -0.239. The van der Waals surface area contributed by atoms with Crippen LogP contribution in [0.5, 0.6) is 0 Å². The number of carbonyl (C=O) groups excluding carboxylic acids is 1. The van der Waals surface area contributed by atoms with E-state index >= 15 is 0 Å². The molecule has 0 aliphatic carbocycles. The van der Waals surface area contributed by atoms with Gasteiger partial charge in [-0.2, -0.15) is 0 Å². The Hall–Kier alpha value is -2.00. The number of aromatic nitrogens is 3. The van der Waals surface area contributed by atoms with Crippen LogP contribution in [0.4, 0.5) is 0 Å². The van der Waals surface area contributed by atoms with Crippen molar-refractivity contribution in [3.8, 4) is 0 Å². The Labute approximate surface area is 166 Å². The van der Waals surface area contributed by atoms with Gasteiger partial charge in [-0.3, -0.25) is 14.4 Å². The van der Waals surface area contributed by atoms with Crippen LogP contribution in [0.2, 0.25) is 5.02 Å². The van der Waals surface area contributed by atoms with Crippen molar-refractivity contribution in [2.45, 2.75) is 13.1 Å². The van der Waals surface area contributed by atoms with E-state index in [1.54, 1.807) is 22.2 Å². The number of fused-ring (bicyclic) bond motifs is 1. The van der Waals surface area contributed by atoms with E-state index in [2.05, 4.69) is 25.8 Å². The largest absolute Gasteiger partial charge is 0.346 e. The second kappa shape index (κ2) is 8.35. The molecule has 0 saturated carbocycles. The monoisotopic (exact) mass is 404 g/mol. The van der Waals surface area contributed by atoms with Crippen molar-refractivity contribution in [2.75, 3.05) is 32.7 Å². The molecule has 1 amide bonds. The molecule has 1 saturated heterocycles. The number of halogens is 1. The summed E-state index contributed by atoms with van der Waals surface area (Å²) in [6.07, 6.45) is 1.70. The Bertz CT molecular complexity index is 933. The number of nitrogens with zero attached hydrogens (tertiary/aromatic N) is 4. The lowest BCUT2D eigenvalue weighted by Gasteiger charge is -2.26. The molecule has 1 fully saturated rings. The normalized spacial score (nSPS) is 15.3. The van der Waals surface area contributed by atoms with E-state index in [0.717, 1.165) is 54.2 Å². The second-order valence-corrected chi connectivity index (χ2v) is 7.99. The van der Waals surface area contributed by atoms with Crippen molar-refractivity contribution in [3.63, 3.8) is 0 Å². The Morgan fingerprint density at radius 1 is 1.26 bits per heavy atom. The third kappa shape index (κ3) is 4.30. The van der Waals surface area contributed by atoms with Gasteiger partial charge in [-0.05, 0) is 6.07 Å². The number of benzene rings is 1. The van der Waals surface area contributed by atoms with Crippen molar-refractivity contribution in [3.05, 3.63) is 46.1 Å².